The number of nitrogens with one attached hydrogen (secondary N) is 1. The molecule has 25 heavy (non-hydrogen) atoms. The average Bonchev–Trinajstić information content (AvgIpc) is 3.01. The maximum absolute atomic E-state index is 12.1. The van der Waals surface area contributed by atoms with E-state index in [-0.39, 0.29) is 11.9 Å². The number of amides is 1. The number of carbonyl (C=O) groups excluding carboxylic acids is 1. The molecule has 0 aliphatic carbocycles. The number of nitrogens with two attached hydrogens (primary N) is 1. The Balaban J connectivity index is 1.44. The number of likely N-dealkylation sites (tertiary alicyclic amines) is 1. The van der Waals surface area contributed by atoms with Crippen molar-refractivity contribution < 1.29 is 4.79 Å². The van der Waals surface area contributed by atoms with Crippen LogP contribution in [0.25, 0.3) is 0 Å². The molecule has 0 bridgehead atoms. The van der Waals surface area contributed by atoms with Crippen LogP contribution in [0.3, 0.4) is 0 Å². The molecule has 1 fully saturated rings. The molecule has 4 nitrogen and oxygen atoms in total. The van der Waals surface area contributed by atoms with Gasteiger partial charge in [0.1, 0.15) is 0 Å². The maximum Gasteiger partial charge on any atom is 0.221 e. The summed E-state index contributed by atoms with van der Waals surface area (Å²) in [6.45, 7) is 2.93. The lowest BCUT2D eigenvalue weighted by Gasteiger charge is -2.16. The molecule has 2 aromatic carbocycles. The summed E-state index contributed by atoms with van der Waals surface area (Å²) in [5.74, 6) is 0.379. The number of benzene rings is 2. The molecule has 1 aliphatic heterocycles. The van der Waals surface area contributed by atoms with Crippen LogP contribution < -0.4 is 11.1 Å². The summed E-state index contributed by atoms with van der Waals surface area (Å²) in [5, 5.41) is 3.62. The highest BCUT2D eigenvalue weighted by atomic mass is 35.5. The average molecular weight is 358 g/mol. The van der Waals surface area contributed by atoms with E-state index in [1.807, 2.05) is 42.5 Å². The normalized spacial score (nSPS) is 20.6. The van der Waals surface area contributed by atoms with Gasteiger partial charge in [0, 0.05) is 49.6 Å². The zero-order valence-electron chi connectivity index (χ0n) is 14.2. The topological polar surface area (TPSA) is 58.4 Å². The molecule has 1 saturated heterocycles. The second-order valence-corrected chi connectivity index (χ2v) is 6.97. The van der Waals surface area contributed by atoms with Gasteiger partial charge in [-0.1, -0.05) is 60.1 Å². The van der Waals surface area contributed by atoms with Crippen LogP contribution in [0.5, 0.6) is 0 Å². The van der Waals surface area contributed by atoms with Gasteiger partial charge in [-0.15, -0.1) is 0 Å². The molecule has 2 atom stereocenters. The molecule has 0 saturated carbocycles. The van der Waals surface area contributed by atoms with Gasteiger partial charge in [-0.25, -0.2) is 0 Å². The Labute approximate surface area is 154 Å². The smallest absolute Gasteiger partial charge is 0.221 e. The van der Waals surface area contributed by atoms with E-state index in [1.54, 1.807) is 0 Å². The van der Waals surface area contributed by atoms with Gasteiger partial charge >= 0.3 is 0 Å². The van der Waals surface area contributed by atoms with Gasteiger partial charge in [0.15, 0.2) is 0 Å². The summed E-state index contributed by atoms with van der Waals surface area (Å²) >= 11 is 6.11. The van der Waals surface area contributed by atoms with Crippen LogP contribution in [-0.2, 0) is 11.3 Å². The SMILES string of the molecule is N[C@@H]1CN(CCC(=O)NCc2ccccc2Cl)C[C@H]1c1ccccc1. The Morgan fingerprint density at radius 3 is 2.60 bits per heavy atom. The summed E-state index contributed by atoms with van der Waals surface area (Å²) in [6.07, 6.45) is 0.471. The van der Waals surface area contributed by atoms with E-state index in [0.29, 0.717) is 23.9 Å². The van der Waals surface area contributed by atoms with E-state index in [1.165, 1.54) is 5.56 Å². The number of rotatable bonds is 6. The zero-order valence-corrected chi connectivity index (χ0v) is 15.0. The molecule has 0 aromatic heterocycles. The number of halogens is 1. The lowest BCUT2D eigenvalue weighted by atomic mass is 9.95. The Morgan fingerprint density at radius 1 is 1.12 bits per heavy atom. The van der Waals surface area contributed by atoms with E-state index in [4.69, 9.17) is 17.3 Å². The summed E-state index contributed by atoms with van der Waals surface area (Å²) in [4.78, 5) is 14.4. The highest BCUT2D eigenvalue weighted by molar-refractivity contribution is 6.31. The van der Waals surface area contributed by atoms with Crippen molar-refractivity contribution in [2.75, 3.05) is 19.6 Å². The van der Waals surface area contributed by atoms with Crippen LogP contribution in [0.4, 0.5) is 0 Å². The fraction of sp³-hybridized carbons (Fsp3) is 0.350. The second kappa shape index (κ2) is 8.48. The summed E-state index contributed by atoms with van der Waals surface area (Å²) < 4.78 is 0. The van der Waals surface area contributed by atoms with Gasteiger partial charge in [0.2, 0.25) is 5.91 Å². The number of nitrogens with zero attached hydrogens (tertiary/aromatic N) is 1. The van der Waals surface area contributed by atoms with Crippen LogP contribution in [0.1, 0.15) is 23.5 Å². The van der Waals surface area contributed by atoms with Crippen molar-refractivity contribution >= 4 is 17.5 Å². The molecule has 3 N–H and O–H groups in total. The largest absolute Gasteiger partial charge is 0.352 e. The zero-order chi connectivity index (χ0) is 17.6. The van der Waals surface area contributed by atoms with Crippen molar-refractivity contribution in [3.05, 3.63) is 70.7 Å². The molecular weight excluding hydrogens is 334 g/mol. The van der Waals surface area contributed by atoms with Crippen molar-refractivity contribution in [1.29, 1.82) is 0 Å². The van der Waals surface area contributed by atoms with Crippen LogP contribution in [-0.4, -0.2) is 36.5 Å². The molecule has 1 heterocycles. The predicted molar refractivity (Wildman–Crippen MR) is 102 cm³/mol. The van der Waals surface area contributed by atoms with E-state index >= 15 is 0 Å². The lowest BCUT2D eigenvalue weighted by molar-refractivity contribution is -0.121. The minimum absolute atomic E-state index is 0.0386. The third kappa shape index (κ3) is 4.82. The Bertz CT molecular complexity index is 707. The molecule has 0 radical (unpaired) electrons. The molecule has 0 unspecified atom stereocenters. The highest BCUT2D eigenvalue weighted by Crippen LogP contribution is 2.26. The lowest BCUT2D eigenvalue weighted by Crippen LogP contribution is -2.31. The number of carbonyl (C=O) groups is 1. The first-order chi connectivity index (χ1) is 12.1. The molecular formula is C20H24ClN3O. The number of hydrogen-bond donors (Lipinski definition) is 2. The summed E-state index contributed by atoms with van der Waals surface area (Å²) in [5.41, 5.74) is 8.52. The van der Waals surface area contributed by atoms with Crippen molar-refractivity contribution in [3.8, 4) is 0 Å². The predicted octanol–water partition coefficient (Wildman–Crippen LogP) is 2.77. The third-order valence-electron chi connectivity index (χ3n) is 4.76. The van der Waals surface area contributed by atoms with Crippen molar-refractivity contribution in [3.63, 3.8) is 0 Å². The first-order valence-corrected chi connectivity index (χ1v) is 9.04. The fourth-order valence-corrected chi connectivity index (χ4v) is 3.54. The molecule has 5 heteroatoms. The van der Waals surface area contributed by atoms with Crippen LogP contribution in [0, 0.1) is 0 Å². The first-order valence-electron chi connectivity index (χ1n) is 8.66. The fourth-order valence-electron chi connectivity index (χ4n) is 3.33. The molecule has 2 aromatic rings. The van der Waals surface area contributed by atoms with Crippen LogP contribution >= 0.6 is 11.6 Å². The van der Waals surface area contributed by atoms with Crippen molar-refractivity contribution in [2.45, 2.75) is 24.9 Å². The summed E-state index contributed by atoms with van der Waals surface area (Å²) in [7, 11) is 0. The van der Waals surface area contributed by atoms with Gasteiger partial charge in [-0.05, 0) is 17.2 Å². The summed E-state index contributed by atoms with van der Waals surface area (Å²) in [6, 6.07) is 18.1. The monoisotopic (exact) mass is 357 g/mol. The van der Waals surface area contributed by atoms with Gasteiger partial charge in [-0.2, -0.15) is 0 Å². The highest BCUT2D eigenvalue weighted by Gasteiger charge is 2.30. The minimum atomic E-state index is 0.0386. The van der Waals surface area contributed by atoms with Gasteiger partial charge in [0.05, 0.1) is 0 Å². The quantitative estimate of drug-likeness (QED) is 0.835. The van der Waals surface area contributed by atoms with Crippen LogP contribution in [0.15, 0.2) is 54.6 Å². The number of hydrogen-bond acceptors (Lipinski definition) is 3. The minimum Gasteiger partial charge on any atom is -0.352 e. The molecule has 1 amide bonds. The van der Waals surface area contributed by atoms with Gasteiger partial charge in [0.25, 0.3) is 0 Å². The Hall–Kier alpha value is -1.88. The van der Waals surface area contributed by atoms with E-state index < -0.39 is 0 Å². The Kier molecular flexibility index (Phi) is 6.08. The molecule has 0 spiro atoms. The Morgan fingerprint density at radius 2 is 1.84 bits per heavy atom. The van der Waals surface area contributed by atoms with Gasteiger partial charge in [-0.3, -0.25) is 4.79 Å². The van der Waals surface area contributed by atoms with Gasteiger partial charge < -0.3 is 16.0 Å². The standard InChI is InChI=1S/C20H24ClN3O/c21-18-9-5-4-8-16(18)12-23-20(25)10-11-24-13-17(19(22)14-24)15-6-2-1-3-7-15/h1-9,17,19H,10-14,22H2,(H,23,25)/t17-,19+/m0/s1. The molecule has 3 rings (SSSR count). The van der Waals surface area contributed by atoms with E-state index in [2.05, 4.69) is 22.3 Å². The van der Waals surface area contributed by atoms with E-state index in [0.717, 1.165) is 25.2 Å². The molecule has 132 valence electrons. The molecule has 1 aliphatic rings. The van der Waals surface area contributed by atoms with Crippen molar-refractivity contribution in [2.24, 2.45) is 5.73 Å². The maximum atomic E-state index is 12.1. The third-order valence-corrected chi connectivity index (χ3v) is 5.13. The first kappa shape index (κ1) is 17.9. The second-order valence-electron chi connectivity index (χ2n) is 6.56. The van der Waals surface area contributed by atoms with Crippen LogP contribution in [0.2, 0.25) is 5.02 Å². The van der Waals surface area contributed by atoms with Crippen molar-refractivity contribution in [1.82, 2.24) is 10.2 Å². The van der Waals surface area contributed by atoms with E-state index in [9.17, 15) is 4.79 Å².